The van der Waals surface area contributed by atoms with E-state index >= 15 is 0 Å². The molecule has 0 aromatic heterocycles. The Labute approximate surface area is 156 Å². The number of Topliss-reactive ketones (excluding diaryl/α,β-unsaturated/α-hetero) is 1. The van der Waals surface area contributed by atoms with Gasteiger partial charge in [0, 0.05) is 30.2 Å². The van der Waals surface area contributed by atoms with Gasteiger partial charge in [-0.25, -0.2) is 12.7 Å². The fraction of sp³-hybridized carbons (Fsp3) is 0.947. The second kappa shape index (κ2) is 6.23. The van der Waals surface area contributed by atoms with Gasteiger partial charge >= 0.3 is 0 Å². The summed E-state index contributed by atoms with van der Waals surface area (Å²) in [6.45, 7) is 5.54. The van der Waals surface area contributed by atoms with Gasteiger partial charge in [-0.1, -0.05) is 13.8 Å². The fourth-order valence-corrected chi connectivity index (χ4v) is 9.77. The number of carbonyl (C=O) groups excluding carboxylic acids is 1. The molecule has 2 saturated heterocycles. The van der Waals surface area contributed by atoms with Crippen molar-refractivity contribution < 1.29 is 13.2 Å². The maximum Gasteiger partial charge on any atom is 0.215 e. The van der Waals surface area contributed by atoms with Crippen LogP contribution in [0.25, 0.3) is 0 Å². The summed E-state index contributed by atoms with van der Waals surface area (Å²) in [7, 11) is -3.36. The molecule has 0 spiro atoms. The molecule has 2 heterocycles. The number of thioether (sulfide) groups is 1. The topological polar surface area (TPSA) is 54.5 Å². The third-order valence-electron chi connectivity index (χ3n) is 7.95. The lowest BCUT2D eigenvalue weighted by Crippen LogP contribution is -2.48. The zero-order valence-electron chi connectivity index (χ0n) is 15.5. The molecule has 2 bridgehead atoms. The zero-order chi connectivity index (χ0) is 17.9. The summed E-state index contributed by atoms with van der Waals surface area (Å²) in [5.74, 6) is 2.57. The van der Waals surface area contributed by atoms with Crippen molar-refractivity contribution >= 4 is 27.6 Å². The van der Waals surface area contributed by atoms with Gasteiger partial charge in [0.1, 0.15) is 5.78 Å². The maximum atomic E-state index is 13.2. The molecule has 2 aliphatic heterocycles. The fourth-order valence-electron chi connectivity index (χ4n) is 6.01. The van der Waals surface area contributed by atoms with Gasteiger partial charge in [0.15, 0.2) is 0 Å². The number of piperidine rings is 1. The van der Waals surface area contributed by atoms with Crippen LogP contribution in [0.1, 0.15) is 58.8 Å². The molecule has 0 aromatic rings. The van der Waals surface area contributed by atoms with Crippen LogP contribution in [0, 0.1) is 22.7 Å². The Hall–Kier alpha value is -0.0700. The molecule has 0 aromatic carbocycles. The first-order chi connectivity index (χ1) is 11.8. The van der Waals surface area contributed by atoms with Crippen LogP contribution in [-0.2, 0) is 14.8 Å². The van der Waals surface area contributed by atoms with Gasteiger partial charge in [-0.05, 0) is 61.5 Å². The van der Waals surface area contributed by atoms with Gasteiger partial charge in [0.25, 0.3) is 0 Å². The SMILES string of the molecule is CC1(C)C2CCC1(CS(=O)(=O)N1CCC(C3CCCS3)CC1)C(=O)C2. The van der Waals surface area contributed by atoms with E-state index < -0.39 is 15.4 Å². The number of fused-ring (bicyclic) bond motifs is 2. The number of sulfonamides is 1. The molecule has 3 atom stereocenters. The van der Waals surface area contributed by atoms with Gasteiger partial charge in [-0.15, -0.1) is 0 Å². The van der Waals surface area contributed by atoms with Crippen molar-refractivity contribution in [1.82, 2.24) is 4.31 Å². The van der Waals surface area contributed by atoms with Crippen LogP contribution in [0.15, 0.2) is 0 Å². The highest BCUT2D eigenvalue weighted by Crippen LogP contribution is 2.64. The van der Waals surface area contributed by atoms with E-state index in [0.717, 1.165) is 30.9 Å². The van der Waals surface area contributed by atoms with Crippen LogP contribution in [0.5, 0.6) is 0 Å². The lowest BCUT2D eigenvalue weighted by Gasteiger charge is -2.39. The minimum absolute atomic E-state index is 0.0468. The molecule has 4 fully saturated rings. The molecule has 3 unspecified atom stereocenters. The molecule has 0 N–H and O–H groups in total. The van der Waals surface area contributed by atoms with Crippen molar-refractivity contribution in [3.8, 4) is 0 Å². The number of ketones is 1. The summed E-state index contributed by atoms with van der Waals surface area (Å²) in [6.07, 6.45) is 6.95. The van der Waals surface area contributed by atoms with Crippen molar-refractivity contribution in [3.63, 3.8) is 0 Å². The normalized spacial score (nSPS) is 39.4. The van der Waals surface area contributed by atoms with Crippen molar-refractivity contribution in [1.29, 1.82) is 0 Å². The van der Waals surface area contributed by atoms with E-state index in [1.165, 1.54) is 18.6 Å². The molecule has 0 radical (unpaired) electrons. The predicted molar refractivity (Wildman–Crippen MR) is 102 cm³/mol. The second-order valence-electron chi connectivity index (χ2n) is 9.21. The third kappa shape index (κ3) is 2.82. The monoisotopic (exact) mass is 385 g/mol. The van der Waals surface area contributed by atoms with Crippen molar-refractivity contribution in [2.45, 2.75) is 64.0 Å². The van der Waals surface area contributed by atoms with Crippen molar-refractivity contribution in [2.75, 3.05) is 24.6 Å². The van der Waals surface area contributed by atoms with Gasteiger partial charge in [-0.2, -0.15) is 11.8 Å². The molecule has 4 nitrogen and oxygen atoms in total. The van der Waals surface area contributed by atoms with Crippen LogP contribution in [0.2, 0.25) is 0 Å². The molecule has 0 amide bonds. The minimum Gasteiger partial charge on any atom is -0.299 e. The van der Waals surface area contributed by atoms with Gasteiger partial charge in [0.2, 0.25) is 10.0 Å². The molecule has 4 aliphatic rings. The summed E-state index contributed by atoms with van der Waals surface area (Å²) in [6, 6.07) is 0. The third-order valence-corrected chi connectivity index (χ3v) is 11.5. The lowest BCUT2D eigenvalue weighted by molar-refractivity contribution is -0.128. The Morgan fingerprint density at radius 2 is 1.88 bits per heavy atom. The second-order valence-corrected chi connectivity index (χ2v) is 12.5. The Morgan fingerprint density at radius 3 is 2.40 bits per heavy atom. The first-order valence-corrected chi connectivity index (χ1v) is 12.5. The summed E-state index contributed by atoms with van der Waals surface area (Å²) in [5, 5.41) is 0.745. The van der Waals surface area contributed by atoms with E-state index in [-0.39, 0.29) is 17.0 Å². The Balaban J connectivity index is 1.45. The highest BCUT2D eigenvalue weighted by atomic mass is 32.2. The lowest BCUT2D eigenvalue weighted by atomic mass is 9.70. The van der Waals surface area contributed by atoms with E-state index in [9.17, 15) is 13.2 Å². The maximum absolute atomic E-state index is 13.2. The largest absolute Gasteiger partial charge is 0.299 e. The van der Waals surface area contributed by atoms with E-state index in [1.54, 1.807) is 4.31 Å². The molecule has 2 aliphatic carbocycles. The van der Waals surface area contributed by atoms with Crippen molar-refractivity contribution in [2.24, 2.45) is 22.7 Å². The van der Waals surface area contributed by atoms with Crippen LogP contribution >= 0.6 is 11.8 Å². The Morgan fingerprint density at radius 1 is 1.16 bits per heavy atom. The van der Waals surface area contributed by atoms with Crippen LogP contribution in [0.4, 0.5) is 0 Å². The standard InChI is InChI=1S/C19H31NO3S2/c1-18(2)15-5-8-19(18,17(21)12-15)13-25(22,23)20-9-6-14(7-10-20)16-4-3-11-24-16/h14-16H,3-13H2,1-2H3. The van der Waals surface area contributed by atoms with E-state index in [2.05, 4.69) is 25.6 Å². The number of hydrogen-bond donors (Lipinski definition) is 0. The average Bonchev–Trinajstić information content (AvgIpc) is 3.22. The van der Waals surface area contributed by atoms with E-state index in [4.69, 9.17) is 0 Å². The van der Waals surface area contributed by atoms with Crippen LogP contribution in [-0.4, -0.2) is 48.4 Å². The average molecular weight is 386 g/mol. The molecule has 2 saturated carbocycles. The summed E-state index contributed by atoms with van der Waals surface area (Å²) in [5.41, 5.74) is -0.801. The quantitative estimate of drug-likeness (QED) is 0.745. The van der Waals surface area contributed by atoms with E-state index in [1.807, 2.05) is 0 Å². The predicted octanol–water partition coefficient (Wildman–Crippen LogP) is 3.32. The molecule has 25 heavy (non-hydrogen) atoms. The zero-order valence-corrected chi connectivity index (χ0v) is 17.1. The summed E-state index contributed by atoms with van der Waals surface area (Å²) < 4.78 is 28.0. The number of nitrogens with zero attached hydrogens (tertiary/aromatic N) is 1. The summed E-state index contributed by atoms with van der Waals surface area (Å²) >= 11 is 2.08. The van der Waals surface area contributed by atoms with Crippen LogP contribution in [0.3, 0.4) is 0 Å². The first-order valence-electron chi connectivity index (χ1n) is 9.89. The molecule has 4 rings (SSSR count). The Bertz CT molecular complexity index is 646. The van der Waals surface area contributed by atoms with Gasteiger partial charge < -0.3 is 0 Å². The molecule has 142 valence electrons. The molecular formula is C19H31NO3S2. The molecule has 6 heteroatoms. The van der Waals surface area contributed by atoms with Gasteiger partial charge in [0.05, 0.1) is 5.75 Å². The highest BCUT2D eigenvalue weighted by Gasteiger charge is 2.65. The first kappa shape index (κ1) is 18.3. The number of hydrogen-bond acceptors (Lipinski definition) is 4. The van der Waals surface area contributed by atoms with Gasteiger partial charge in [-0.3, -0.25) is 4.79 Å². The Kier molecular flexibility index (Phi) is 4.56. The van der Waals surface area contributed by atoms with E-state index in [0.29, 0.717) is 31.3 Å². The number of carbonyl (C=O) groups is 1. The molecular weight excluding hydrogens is 354 g/mol. The minimum atomic E-state index is -3.36. The van der Waals surface area contributed by atoms with Crippen molar-refractivity contribution in [3.05, 3.63) is 0 Å². The number of rotatable bonds is 4. The smallest absolute Gasteiger partial charge is 0.215 e. The van der Waals surface area contributed by atoms with Crippen LogP contribution < -0.4 is 0 Å². The summed E-state index contributed by atoms with van der Waals surface area (Å²) in [4.78, 5) is 12.7. The highest BCUT2D eigenvalue weighted by molar-refractivity contribution is 8.00.